The molecule has 2 aromatic heterocycles. The SMILES string of the molecule is CC(C)c1c(N)ncnc1NCc1ncon1. The van der Waals surface area contributed by atoms with Crippen molar-refractivity contribution in [1.82, 2.24) is 20.1 Å². The summed E-state index contributed by atoms with van der Waals surface area (Å²) in [5.74, 6) is 2.00. The highest BCUT2D eigenvalue weighted by molar-refractivity contribution is 5.56. The first kappa shape index (κ1) is 11.3. The van der Waals surface area contributed by atoms with Gasteiger partial charge in [0.05, 0.1) is 6.54 Å². The maximum absolute atomic E-state index is 5.83. The third-order valence-electron chi connectivity index (χ3n) is 2.31. The second-order valence-electron chi connectivity index (χ2n) is 3.88. The quantitative estimate of drug-likeness (QED) is 0.818. The van der Waals surface area contributed by atoms with E-state index in [-0.39, 0.29) is 5.92 Å². The zero-order chi connectivity index (χ0) is 12.3. The van der Waals surface area contributed by atoms with Gasteiger partial charge in [-0.3, -0.25) is 0 Å². The van der Waals surface area contributed by atoms with Crippen molar-refractivity contribution < 1.29 is 4.52 Å². The van der Waals surface area contributed by atoms with E-state index in [9.17, 15) is 0 Å². The summed E-state index contributed by atoms with van der Waals surface area (Å²) in [6, 6.07) is 0. The highest BCUT2D eigenvalue weighted by Crippen LogP contribution is 2.26. The molecule has 0 saturated heterocycles. The second kappa shape index (κ2) is 4.77. The van der Waals surface area contributed by atoms with Crippen molar-refractivity contribution in [2.45, 2.75) is 26.3 Å². The van der Waals surface area contributed by atoms with Gasteiger partial charge in [0.25, 0.3) is 0 Å². The van der Waals surface area contributed by atoms with Crippen LogP contribution in [0.4, 0.5) is 11.6 Å². The molecule has 2 aromatic rings. The van der Waals surface area contributed by atoms with Crippen molar-refractivity contribution in [3.8, 4) is 0 Å². The summed E-state index contributed by atoms with van der Waals surface area (Å²) in [5, 5.41) is 6.83. The lowest BCUT2D eigenvalue weighted by atomic mass is 10.0. The van der Waals surface area contributed by atoms with Crippen LogP contribution in [0.5, 0.6) is 0 Å². The van der Waals surface area contributed by atoms with Crippen molar-refractivity contribution in [2.75, 3.05) is 11.1 Å². The standard InChI is InChI=1S/C10H14N6O/c1-6(2)8-9(11)13-4-14-10(8)12-3-7-15-5-17-16-7/h4-6H,3H2,1-2H3,(H3,11,12,13,14). The van der Waals surface area contributed by atoms with Gasteiger partial charge in [0, 0.05) is 5.56 Å². The molecular formula is C10H14N6O. The molecule has 7 heteroatoms. The molecule has 0 fully saturated rings. The minimum absolute atomic E-state index is 0.240. The summed E-state index contributed by atoms with van der Waals surface area (Å²) in [5.41, 5.74) is 6.73. The molecule has 2 rings (SSSR count). The van der Waals surface area contributed by atoms with Crippen molar-refractivity contribution in [1.29, 1.82) is 0 Å². The zero-order valence-corrected chi connectivity index (χ0v) is 9.71. The average Bonchev–Trinajstić information content (AvgIpc) is 2.78. The highest BCUT2D eigenvalue weighted by atomic mass is 16.5. The minimum atomic E-state index is 0.240. The molecule has 3 N–H and O–H groups in total. The zero-order valence-electron chi connectivity index (χ0n) is 9.71. The number of hydrogen-bond acceptors (Lipinski definition) is 7. The van der Waals surface area contributed by atoms with Crippen molar-refractivity contribution in [3.63, 3.8) is 0 Å². The van der Waals surface area contributed by atoms with Gasteiger partial charge < -0.3 is 15.6 Å². The Balaban J connectivity index is 2.18. The van der Waals surface area contributed by atoms with Gasteiger partial charge in [-0.05, 0) is 5.92 Å². The van der Waals surface area contributed by atoms with Gasteiger partial charge in [0.1, 0.15) is 18.0 Å². The van der Waals surface area contributed by atoms with E-state index in [4.69, 9.17) is 5.73 Å². The maximum Gasteiger partial charge on any atom is 0.213 e. The molecule has 0 bridgehead atoms. The van der Waals surface area contributed by atoms with Crippen LogP contribution >= 0.6 is 0 Å². The Bertz CT molecular complexity index is 482. The van der Waals surface area contributed by atoms with Gasteiger partial charge in [-0.1, -0.05) is 19.0 Å². The normalized spacial score (nSPS) is 10.8. The molecule has 7 nitrogen and oxygen atoms in total. The summed E-state index contributed by atoms with van der Waals surface area (Å²) in [7, 11) is 0. The maximum atomic E-state index is 5.83. The fraction of sp³-hybridized carbons (Fsp3) is 0.400. The first-order valence-electron chi connectivity index (χ1n) is 5.28. The topological polar surface area (TPSA) is 103 Å². The van der Waals surface area contributed by atoms with E-state index in [2.05, 4.69) is 29.9 Å². The molecule has 2 heterocycles. The second-order valence-corrected chi connectivity index (χ2v) is 3.88. The summed E-state index contributed by atoms with van der Waals surface area (Å²) >= 11 is 0. The monoisotopic (exact) mass is 234 g/mol. The van der Waals surface area contributed by atoms with E-state index < -0.39 is 0 Å². The number of hydrogen-bond donors (Lipinski definition) is 2. The van der Waals surface area contributed by atoms with E-state index in [0.717, 1.165) is 5.56 Å². The van der Waals surface area contributed by atoms with Crippen LogP contribution < -0.4 is 11.1 Å². The summed E-state index contributed by atoms with van der Waals surface area (Å²) in [6.07, 6.45) is 2.72. The predicted molar refractivity (Wildman–Crippen MR) is 62.2 cm³/mol. The molecule has 0 aromatic carbocycles. The van der Waals surface area contributed by atoms with Gasteiger partial charge in [-0.15, -0.1) is 0 Å². The molecule has 0 spiro atoms. The van der Waals surface area contributed by atoms with Crippen LogP contribution in [-0.4, -0.2) is 20.1 Å². The first-order valence-corrected chi connectivity index (χ1v) is 5.28. The molecule has 0 saturated carbocycles. The van der Waals surface area contributed by atoms with E-state index in [1.165, 1.54) is 12.7 Å². The number of anilines is 2. The molecule has 0 aliphatic heterocycles. The van der Waals surface area contributed by atoms with Crippen LogP contribution in [0.15, 0.2) is 17.2 Å². The first-order chi connectivity index (χ1) is 8.18. The smallest absolute Gasteiger partial charge is 0.213 e. The molecule has 0 amide bonds. The Morgan fingerprint density at radius 3 is 2.82 bits per heavy atom. The Morgan fingerprint density at radius 1 is 1.35 bits per heavy atom. The van der Waals surface area contributed by atoms with E-state index in [0.29, 0.717) is 24.0 Å². The fourth-order valence-electron chi connectivity index (χ4n) is 1.55. The Labute approximate surface area is 98.5 Å². The van der Waals surface area contributed by atoms with E-state index in [1.807, 2.05) is 13.8 Å². The van der Waals surface area contributed by atoms with Gasteiger partial charge in [0.2, 0.25) is 6.39 Å². The van der Waals surface area contributed by atoms with Gasteiger partial charge in [0.15, 0.2) is 5.82 Å². The van der Waals surface area contributed by atoms with Gasteiger partial charge >= 0.3 is 0 Å². The lowest BCUT2D eigenvalue weighted by Crippen LogP contribution is -2.10. The molecular weight excluding hydrogens is 220 g/mol. The Morgan fingerprint density at radius 2 is 2.18 bits per heavy atom. The number of nitrogens with two attached hydrogens (primary N) is 1. The van der Waals surface area contributed by atoms with Gasteiger partial charge in [-0.2, -0.15) is 4.98 Å². The van der Waals surface area contributed by atoms with Crippen molar-refractivity contribution in [3.05, 3.63) is 24.1 Å². The molecule has 0 aliphatic carbocycles. The lowest BCUT2D eigenvalue weighted by Gasteiger charge is -2.13. The van der Waals surface area contributed by atoms with E-state index in [1.54, 1.807) is 0 Å². The Kier molecular flexibility index (Phi) is 3.17. The predicted octanol–water partition coefficient (Wildman–Crippen LogP) is 1.18. The fourth-order valence-corrected chi connectivity index (χ4v) is 1.55. The molecule has 90 valence electrons. The molecule has 0 atom stereocenters. The highest BCUT2D eigenvalue weighted by Gasteiger charge is 2.13. The number of rotatable bonds is 4. The van der Waals surface area contributed by atoms with Crippen LogP contribution in [-0.2, 0) is 6.54 Å². The summed E-state index contributed by atoms with van der Waals surface area (Å²) < 4.78 is 4.65. The largest absolute Gasteiger partial charge is 0.383 e. The Hall–Kier alpha value is -2.18. The van der Waals surface area contributed by atoms with Crippen LogP contribution in [0.2, 0.25) is 0 Å². The third-order valence-corrected chi connectivity index (χ3v) is 2.31. The number of nitrogens with zero attached hydrogens (tertiary/aromatic N) is 4. The van der Waals surface area contributed by atoms with E-state index >= 15 is 0 Å². The van der Waals surface area contributed by atoms with Crippen LogP contribution in [0.25, 0.3) is 0 Å². The van der Waals surface area contributed by atoms with Crippen LogP contribution in [0, 0.1) is 0 Å². The van der Waals surface area contributed by atoms with Crippen molar-refractivity contribution >= 4 is 11.6 Å². The lowest BCUT2D eigenvalue weighted by molar-refractivity contribution is 0.411. The molecule has 0 unspecified atom stereocenters. The average molecular weight is 234 g/mol. The number of nitrogen functional groups attached to an aromatic ring is 1. The third kappa shape index (κ3) is 2.49. The number of aromatic nitrogens is 4. The van der Waals surface area contributed by atoms with Gasteiger partial charge in [-0.25, -0.2) is 9.97 Å². The summed E-state index contributed by atoms with van der Waals surface area (Å²) in [4.78, 5) is 12.1. The molecule has 17 heavy (non-hydrogen) atoms. The number of nitrogens with one attached hydrogen (secondary N) is 1. The van der Waals surface area contributed by atoms with Crippen LogP contribution in [0.1, 0.15) is 31.2 Å². The molecule has 0 radical (unpaired) electrons. The molecule has 0 aliphatic rings. The van der Waals surface area contributed by atoms with Crippen molar-refractivity contribution in [2.24, 2.45) is 0 Å². The summed E-state index contributed by atoms with van der Waals surface area (Å²) in [6.45, 7) is 4.51. The van der Waals surface area contributed by atoms with Crippen LogP contribution in [0.3, 0.4) is 0 Å². The minimum Gasteiger partial charge on any atom is -0.383 e.